The van der Waals surface area contributed by atoms with E-state index in [1.165, 1.54) is 27.9 Å². The highest BCUT2D eigenvalue weighted by atomic mass is 32.2. The lowest BCUT2D eigenvalue weighted by Gasteiger charge is -2.24. The number of ether oxygens (including phenoxy) is 1. The fourth-order valence-electron chi connectivity index (χ4n) is 3.95. The maximum Gasteiger partial charge on any atom is 0.281 e. The lowest BCUT2D eigenvalue weighted by Crippen LogP contribution is -2.40. The molecule has 0 radical (unpaired) electrons. The summed E-state index contributed by atoms with van der Waals surface area (Å²) in [6, 6.07) is 3.81. The summed E-state index contributed by atoms with van der Waals surface area (Å²) in [7, 11) is 1.38. The highest BCUT2D eigenvalue weighted by Crippen LogP contribution is 2.28. The summed E-state index contributed by atoms with van der Waals surface area (Å²) in [5.41, 5.74) is 2.72. The molecule has 10 heteroatoms. The molecule has 1 fully saturated rings. The van der Waals surface area contributed by atoms with Crippen molar-refractivity contribution in [3.63, 3.8) is 0 Å². The number of hydrogen-bond acceptors (Lipinski definition) is 6. The predicted octanol–water partition coefficient (Wildman–Crippen LogP) is 3.31. The Morgan fingerprint density at radius 3 is 2.53 bits per heavy atom. The van der Waals surface area contributed by atoms with Gasteiger partial charge in [0.15, 0.2) is 0 Å². The molecule has 1 saturated carbocycles. The molecule has 2 aromatic heterocycles. The molecular weight excluding hydrogens is 428 g/mol. The minimum Gasteiger partial charge on any atom is -0.489 e. The first-order chi connectivity index (χ1) is 15.2. The van der Waals surface area contributed by atoms with Gasteiger partial charge in [0.25, 0.3) is 10.2 Å². The van der Waals surface area contributed by atoms with Crippen LogP contribution in [0.3, 0.4) is 0 Å². The fourth-order valence-corrected chi connectivity index (χ4v) is 5.07. The largest absolute Gasteiger partial charge is 0.489 e. The quantitative estimate of drug-likeness (QED) is 0.536. The maximum absolute atomic E-state index is 12.9. The van der Waals surface area contributed by atoms with Crippen LogP contribution >= 0.6 is 0 Å². The van der Waals surface area contributed by atoms with Gasteiger partial charge in [-0.25, -0.2) is 4.98 Å². The Balaban J connectivity index is 1.78. The van der Waals surface area contributed by atoms with Gasteiger partial charge in [-0.05, 0) is 51.2 Å². The molecule has 1 aliphatic carbocycles. The van der Waals surface area contributed by atoms with Crippen LogP contribution in [0.5, 0.6) is 5.75 Å². The van der Waals surface area contributed by atoms with Crippen molar-refractivity contribution in [3.05, 3.63) is 23.5 Å². The standard InChI is InChI=1S/C22H36N6O3S/c1-6-7-15-26(3)32(29,30)27(4)16-20-22(24-25-28(20)5)19-13-14-21(17(2)23-19)31-18-11-9-8-10-12-18/h13-14,18H,6-12,15-16H2,1-5H3. The molecule has 1 aliphatic rings. The van der Waals surface area contributed by atoms with Crippen LogP contribution in [-0.4, -0.2) is 63.8 Å². The van der Waals surface area contributed by atoms with Crippen molar-refractivity contribution < 1.29 is 13.2 Å². The normalized spacial score (nSPS) is 15.6. The van der Waals surface area contributed by atoms with Crippen LogP contribution in [0.2, 0.25) is 0 Å². The number of aryl methyl sites for hydroxylation is 2. The first-order valence-electron chi connectivity index (χ1n) is 11.4. The van der Waals surface area contributed by atoms with Crippen molar-refractivity contribution >= 4 is 10.2 Å². The smallest absolute Gasteiger partial charge is 0.281 e. The molecule has 178 valence electrons. The zero-order chi connectivity index (χ0) is 23.3. The zero-order valence-electron chi connectivity index (χ0n) is 19.9. The number of hydrogen-bond donors (Lipinski definition) is 0. The van der Waals surface area contributed by atoms with E-state index in [9.17, 15) is 8.42 Å². The van der Waals surface area contributed by atoms with Crippen LogP contribution in [0.1, 0.15) is 63.3 Å². The average Bonchev–Trinajstić information content (AvgIpc) is 3.14. The van der Waals surface area contributed by atoms with Gasteiger partial charge in [-0.3, -0.25) is 4.68 Å². The van der Waals surface area contributed by atoms with Crippen LogP contribution in [0.4, 0.5) is 0 Å². The molecule has 0 bridgehead atoms. The van der Waals surface area contributed by atoms with E-state index < -0.39 is 10.2 Å². The van der Waals surface area contributed by atoms with Crippen molar-refractivity contribution in [1.82, 2.24) is 28.6 Å². The van der Waals surface area contributed by atoms with Crippen LogP contribution < -0.4 is 4.74 Å². The van der Waals surface area contributed by atoms with Crippen LogP contribution in [0, 0.1) is 6.92 Å². The highest BCUT2D eigenvalue weighted by molar-refractivity contribution is 7.86. The van der Waals surface area contributed by atoms with Crippen molar-refractivity contribution in [2.24, 2.45) is 7.05 Å². The first-order valence-corrected chi connectivity index (χ1v) is 12.8. The minimum atomic E-state index is -3.58. The molecular formula is C22H36N6O3S. The van der Waals surface area contributed by atoms with Crippen molar-refractivity contribution in [3.8, 4) is 17.1 Å². The third-order valence-electron chi connectivity index (χ3n) is 6.06. The van der Waals surface area contributed by atoms with E-state index in [4.69, 9.17) is 9.72 Å². The Labute approximate surface area is 192 Å². The first kappa shape index (κ1) is 24.6. The van der Waals surface area contributed by atoms with Gasteiger partial charge >= 0.3 is 0 Å². The molecule has 2 aromatic rings. The average molecular weight is 465 g/mol. The van der Waals surface area contributed by atoms with E-state index in [2.05, 4.69) is 10.3 Å². The SMILES string of the molecule is CCCCN(C)S(=O)(=O)N(C)Cc1c(-c2ccc(OC3CCCCC3)c(C)n2)nnn1C. The van der Waals surface area contributed by atoms with E-state index >= 15 is 0 Å². The van der Waals surface area contributed by atoms with E-state index in [0.717, 1.165) is 37.1 Å². The molecule has 0 spiro atoms. The molecule has 9 nitrogen and oxygen atoms in total. The summed E-state index contributed by atoms with van der Waals surface area (Å²) in [6.45, 7) is 4.61. The Hall–Kier alpha value is -2.04. The fraction of sp³-hybridized carbons (Fsp3) is 0.682. The Morgan fingerprint density at radius 2 is 1.88 bits per heavy atom. The molecule has 32 heavy (non-hydrogen) atoms. The summed E-state index contributed by atoms with van der Waals surface area (Å²) < 4.78 is 36.3. The second-order valence-electron chi connectivity index (χ2n) is 8.61. The molecule has 2 heterocycles. The van der Waals surface area contributed by atoms with Gasteiger partial charge in [0, 0.05) is 27.7 Å². The second kappa shape index (κ2) is 10.7. The van der Waals surface area contributed by atoms with Crippen LogP contribution in [0.25, 0.3) is 11.4 Å². The van der Waals surface area contributed by atoms with Gasteiger partial charge in [-0.1, -0.05) is 25.0 Å². The van der Waals surface area contributed by atoms with Crippen LogP contribution in [-0.2, 0) is 23.8 Å². The lowest BCUT2D eigenvalue weighted by molar-refractivity contribution is 0.153. The van der Waals surface area contributed by atoms with E-state index in [1.807, 2.05) is 26.0 Å². The van der Waals surface area contributed by atoms with Gasteiger partial charge in [0.1, 0.15) is 11.4 Å². The number of pyridine rings is 1. The van der Waals surface area contributed by atoms with E-state index in [1.54, 1.807) is 25.8 Å². The van der Waals surface area contributed by atoms with E-state index in [-0.39, 0.29) is 12.6 Å². The number of unbranched alkanes of at least 4 members (excludes halogenated alkanes) is 1. The van der Waals surface area contributed by atoms with Crippen molar-refractivity contribution in [2.45, 2.75) is 71.4 Å². The topological polar surface area (TPSA) is 93.5 Å². The summed E-state index contributed by atoms with van der Waals surface area (Å²) in [5, 5.41) is 8.41. The molecule has 3 rings (SSSR count). The molecule has 0 aromatic carbocycles. The Bertz CT molecular complexity index is 1000. The Morgan fingerprint density at radius 1 is 1.16 bits per heavy atom. The molecule has 0 atom stereocenters. The minimum absolute atomic E-state index is 0.151. The monoisotopic (exact) mass is 464 g/mol. The van der Waals surface area contributed by atoms with Gasteiger partial charge in [-0.2, -0.15) is 17.0 Å². The molecule has 0 N–H and O–H groups in total. The summed E-state index contributed by atoms with van der Waals surface area (Å²) >= 11 is 0. The van der Waals surface area contributed by atoms with Crippen LogP contribution in [0.15, 0.2) is 12.1 Å². The zero-order valence-corrected chi connectivity index (χ0v) is 20.7. The predicted molar refractivity (Wildman–Crippen MR) is 124 cm³/mol. The molecule has 0 amide bonds. The third kappa shape index (κ3) is 5.65. The second-order valence-corrected chi connectivity index (χ2v) is 10.7. The lowest BCUT2D eigenvalue weighted by atomic mass is 9.98. The summed E-state index contributed by atoms with van der Waals surface area (Å²) in [5.74, 6) is 0.795. The number of aromatic nitrogens is 4. The van der Waals surface area contributed by atoms with Gasteiger partial charge in [0.2, 0.25) is 0 Å². The molecule has 0 aliphatic heterocycles. The number of nitrogens with zero attached hydrogens (tertiary/aromatic N) is 6. The maximum atomic E-state index is 12.9. The van der Waals surface area contributed by atoms with E-state index in [0.29, 0.717) is 23.6 Å². The van der Waals surface area contributed by atoms with Gasteiger partial charge in [0.05, 0.1) is 29.7 Å². The van der Waals surface area contributed by atoms with Gasteiger partial charge < -0.3 is 4.74 Å². The third-order valence-corrected chi connectivity index (χ3v) is 7.94. The van der Waals surface area contributed by atoms with Crippen molar-refractivity contribution in [2.75, 3.05) is 20.6 Å². The summed E-state index contributed by atoms with van der Waals surface area (Å²) in [4.78, 5) is 4.71. The molecule has 0 saturated heterocycles. The van der Waals surface area contributed by atoms with Gasteiger partial charge in [-0.15, -0.1) is 5.10 Å². The number of rotatable bonds is 10. The molecule has 0 unspecified atom stereocenters. The highest BCUT2D eigenvalue weighted by Gasteiger charge is 2.26. The van der Waals surface area contributed by atoms with Crippen molar-refractivity contribution in [1.29, 1.82) is 0 Å². The summed E-state index contributed by atoms with van der Waals surface area (Å²) in [6.07, 6.45) is 7.89. The Kier molecular flexibility index (Phi) is 8.24.